The number of aromatic nitrogens is 2. The maximum atomic E-state index is 5.30. The molecule has 1 N–H and O–H groups in total. The van der Waals surface area contributed by atoms with Gasteiger partial charge in [-0.2, -0.15) is 5.10 Å². The van der Waals surface area contributed by atoms with Crippen molar-refractivity contribution in [3.05, 3.63) is 17.5 Å². The first-order valence-corrected chi connectivity index (χ1v) is 10.7. The number of aromatic amines is 1. The van der Waals surface area contributed by atoms with Crippen LogP contribution in [0, 0.1) is 5.41 Å². The standard InChI is InChI=1S/C21H36N4O/c1-26-13-12-24-10-5-8-21(16-24)9-11-25(17-21)15-19-14-22-23-20(19)18-6-3-2-4-7-18/h14,18H,2-13,15-17H2,1H3,(H,22,23). The van der Waals surface area contributed by atoms with E-state index in [0.29, 0.717) is 5.41 Å². The van der Waals surface area contributed by atoms with Crippen molar-refractivity contribution >= 4 is 0 Å². The Bertz CT molecular complexity index is 568. The molecular formula is C21H36N4O. The molecule has 0 radical (unpaired) electrons. The molecular weight excluding hydrogens is 324 g/mol. The third kappa shape index (κ3) is 4.15. The Kier molecular flexibility index (Phi) is 5.97. The smallest absolute Gasteiger partial charge is 0.0589 e. The molecule has 4 rings (SSSR count). The van der Waals surface area contributed by atoms with E-state index < -0.39 is 0 Å². The van der Waals surface area contributed by atoms with E-state index in [1.165, 1.54) is 88.8 Å². The van der Waals surface area contributed by atoms with Crippen molar-refractivity contribution in [2.75, 3.05) is 46.4 Å². The van der Waals surface area contributed by atoms with Crippen LogP contribution in [0.5, 0.6) is 0 Å². The summed E-state index contributed by atoms with van der Waals surface area (Å²) in [7, 11) is 1.81. The van der Waals surface area contributed by atoms with Gasteiger partial charge in [0.15, 0.2) is 0 Å². The predicted molar refractivity (Wildman–Crippen MR) is 104 cm³/mol. The number of H-pyrrole nitrogens is 1. The number of nitrogens with one attached hydrogen (secondary N) is 1. The summed E-state index contributed by atoms with van der Waals surface area (Å²) in [6, 6.07) is 0. The summed E-state index contributed by atoms with van der Waals surface area (Å²) in [4.78, 5) is 5.32. The van der Waals surface area contributed by atoms with Crippen LogP contribution in [0.4, 0.5) is 0 Å². The zero-order valence-corrected chi connectivity index (χ0v) is 16.5. The molecule has 1 saturated carbocycles. The fraction of sp³-hybridized carbons (Fsp3) is 0.857. The molecule has 3 heterocycles. The molecule has 5 heteroatoms. The van der Waals surface area contributed by atoms with E-state index in [2.05, 4.69) is 26.2 Å². The Morgan fingerprint density at radius 1 is 1.12 bits per heavy atom. The zero-order chi connectivity index (χ0) is 17.8. The van der Waals surface area contributed by atoms with E-state index in [4.69, 9.17) is 4.74 Å². The van der Waals surface area contributed by atoms with Gasteiger partial charge in [0, 0.05) is 50.5 Å². The largest absolute Gasteiger partial charge is 0.383 e. The van der Waals surface area contributed by atoms with Gasteiger partial charge in [0.1, 0.15) is 0 Å². The molecule has 1 unspecified atom stereocenters. The summed E-state index contributed by atoms with van der Waals surface area (Å²) >= 11 is 0. The summed E-state index contributed by atoms with van der Waals surface area (Å²) in [5.74, 6) is 0.719. The summed E-state index contributed by atoms with van der Waals surface area (Å²) in [5.41, 5.74) is 3.41. The average molecular weight is 361 g/mol. The van der Waals surface area contributed by atoms with E-state index in [1.54, 1.807) is 0 Å². The lowest BCUT2D eigenvalue weighted by molar-refractivity contribution is 0.0673. The maximum Gasteiger partial charge on any atom is 0.0589 e. The van der Waals surface area contributed by atoms with Crippen LogP contribution in [-0.4, -0.2) is 66.4 Å². The Morgan fingerprint density at radius 2 is 1.96 bits per heavy atom. The van der Waals surface area contributed by atoms with Gasteiger partial charge in [-0.25, -0.2) is 0 Å². The Morgan fingerprint density at radius 3 is 2.81 bits per heavy atom. The SMILES string of the molecule is COCCN1CCCC2(CCN(Cc3cn[nH]c3C3CCCCC3)C2)C1. The molecule has 0 amide bonds. The summed E-state index contributed by atoms with van der Waals surface area (Å²) in [6.45, 7) is 8.04. The molecule has 1 spiro atoms. The van der Waals surface area contributed by atoms with E-state index in [0.717, 1.165) is 25.6 Å². The Balaban J connectivity index is 1.35. The van der Waals surface area contributed by atoms with Crippen LogP contribution in [0.3, 0.4) is 0 Å². The third-order valence-corrected chi connectivity index (χ3v) is 7.03. The van der Waals surface area contributed by atoms with Gasteiger partial charge in [-0.1, -0.05) is 19.3 Å². The van der Waals surface area contributed by atoms with Crippen LogP contribution >= 0.6 is 0 Å². The molecule has 0 aromatic carbocycles. The maximum absolute atomic E-state index is 5.30. The van der Waals surface area contributed by atoms with Crippen LogP contribution in [0.2, 0.25) is 0 Å². The van der Waals surface area contributed by atoms with Gasteiger partial charge in [-0.05, 0) is 50.6 Å². The van der Waals surface area contributed by atoms with Crippen LogP contribution < -0.4 is 0 Å². The van der Waals surface area contributed by atoms with Gasteiger partial charge < -0.3 is 9.64 Å². The minimum absolute atomic E-state index is 0.515. The topological polar surface area (TPSA) is 44.4 Å². The second-order valence-electron chi connectivity index (χ2n) is 8.98. The molecule has 3 aliphatic rings. The highest BCUT2D eigenvalue weighted by Gasteiger charge is 2.41. The molecule has 1 aliphatic carbocycles. The van der Waals surface area contributed by atoms with Crippen molar-refractivity contribution in [1.82, 2.24) is 20.0 Å². The normalized spacial score (nSPS) is 29.0. The van der Waals surface area contributed by atoms with Gasteiger partial charge in [0.05, 0.1) is 12.8 Å². The molecule has 1 aromatic heterocycles. The Labute approximate surface area is 158 Å². The highest BCUT2D eigenvalue weighted by atomic mass is 16.5. The molecule has 0 bridgehead atoms. The second-order valence-corrected chi connectivity index (χ2v) is 8.98. The highest BCUT2D eigenvalue weighted by Crippen LogP contribution is 2.40. The van der Waals surface area contributed by atoms with Crippen molar-refractivity contribution in [2.24, 2.45) is 5.41 Å². The lowest BCUT2D eigenvalue weighted by atomic mass is 9.79. The number of rotatable bonds is 6. The first kappa shape index (κ1) is 18.5. The van der Waals surface area contributed by atoms with Crippen molar-refractivity contribution in [2.45, 2.75) is 63.8 Å². The van der Waals surface area contributed by atoms with Crippen molar-refractivity contribution in [3.8, 4) is 0 Å². The van der Waals surface area contributed by atoms with Gasteiger partial charge in [0.25, 0.3) is 0 Å². The molecule has 1 aromatic rings. The number of hydrogen-bond donors (Lipinski definition) is 1. The number of methoxy groups -OCH3 is 1. The van der Waals surface area contributed by atoms with Crippen LogP contribution in [0.1, 0.15) is 68.5 Å². The number of hydrogen-bond acceptors (Lipinski definition) is 4. The summed E-state index contributed by atoms with van der Waals surface area (Å²) < 4.78 is 5.30. The number of nitrogens with zero attached hydrogens (tertiary/aromatic N) is 3. The first-order valence-electron chi connectivity index (χ1n) is 10.7. The van der Waals surface area contributed by atoms with Gasteiger partial charge in [0.2, 0.25) is 0 Å². The molecule has 3 fully saturated rings. The van der Waals surface area contributed by atoms with Gasteiger partial charge >= 0.3 is 0 Å². The summed E-state index contributed by atoms with van der Waals surface area (Å²) in [5, 5.41) is 7.77. The molecule has 26 heavy (non-hydrogen) atoms. The van der Waals surface area contributed by atoms with E-state index >= 15 is 0 Å². The van der Waals surface area contributed by atoms with Gasteiger partial charge in [-0.3, -0.25) is 10.00 Å². The quantitative estimate of drug-likeness (QED) is 0.844. The van der Waals surface area contributed by atoms with E-state index in [1.807, 2.05) is 7.11 Å². The average Bonchev–Trinajstić information content (AvgIpc) is 3.28. The highest BCUT2D eigenvalue weighted by molar-refractivity contribution is 5.21. The minimum Gasteiger partial charge on any atom is -0.383 e. The first-order chi connectivity index (χ1) is 12.8. The number of ether oxygens (including phenoxy) is 1. The van der Waals surface area contributed by atoms with Crippen LogP contribution in [0.15, 0.2) is 6.20 Å². The Hall–Kier alpha value is -0.910. The van der Waals surface area contributed by atoms with Crippen molar-refractivity contribution < 1.29 is 4.74 Å². The fourth-order valence-corrected chi connectivity index (χ4v) is 5.65. The molecule has 2 saturated heterocycles. The predicted octanol–water partition coefficient (Wildman–Crippen LogP) is 3.39. The van der Waals surface area contributed by atoms with Crippen molar-refractivity contribution in [1.29, 1.82) is 0 Å². The van der Waals surface area contributed by atoms with Crippen LogP contribution in [0.25, 0.3) is 0 Å². The second kappa shape index (κ2) is 8.41. The molecule has 146 valence electrons. The third-order valence-electron chi connectivity index (χ3n) is 7.03. The monoisotopic (exact) mass is 360 g/mol. The fourth-order valence-electron chi connectivity index (χ4n) is 5.65. The molecule has 2 aliphatic heterocycles. The van der Waals surface area contributed by atoms with Crippen LogP contribution in [-0.2, 0) is 11.3 Å². The lowest BCUT2D eigenvalue weighted by Gasteiger charge is -2.40. The zero-order valence-electron chi connectivity index (χ0n) is 16.5. The van der Waals surface area contributed by atoms with E-state index in [-0.39, 0.29) is 0 Å². The number of piperidine rings is 1. The molecule has 5 nitrogen and oxygen atoms in total. The molecule has 1 atom stereocenters. The minimum atomic E-state index is 0.515. The number of likely N-dealkylation sites (tertiary alicyclic amines) is 2. The summed E-state index contributed by atoms with van der Waals surface area (Å²) in [6.07, 6.45) is 13.0. The van der Waals surface area contributed by atoms with E-state index in [9.17, 15) is 0 Å². The lowest BCUT2D eigenvalue weighted by Crippen LogP contribution is -2.45. The van der Waals surface area contributed by atoms with Gasteiger partial charge in [-0.15, -0.1) is 0 Å². The van der Waals surface area contributed by atoms with Crippen molar-refractivity contribution in [3.63, 3.8) is 0 Å².